The average Bonchev–Trinajstić information content (AvgIpc) is 3.06. The van der Waals surface area contributed by atoms with Crippen molar-refractivity contribution in [2.75, 3.05) is 45.9 Å². The molecule has 0 radical (unpaired) electrons. The lowest BCUT2D eigenvalue weighted by atomic mass is 10.2. The molecule has 25 heavy (non-hydrogen) atoms. The number of aromatic amines is 1. The third kappa shape index (κ3) is 4.58. The molecule has 2 aliphatic heterocycles. The van der Waals surface area contributed by atoms with Gasteiger partial charge in [-0.05, 0) is 31.4 Å². The Morgan fingerprint density at radius 1 is 1.12 bits per heavy atom. The summed E-state index contributed by atoms with van der Waals surface area (Å²) in [7, 11) is 0. The third-order valence-electron chi connectivity index (χ3n) is 5.13. The summed E-state index contributed by atoms with van der Waals surface area (Å²) in [6, 6.07) is 8.22. The van der Waals surface area contributed by atoms with E-state index < -0.39 is 0 Å². The highest BCUT2D eigenvalue weighted by atomic mass is 16.7. The van der Waals surface area contributed by atoms with E-state index >= 15 is 0 Å². The van der Waals surface area contributed by atoms with E-state index in [1.807, 2.05) is 12.1 Å². The zero-order chi connectivity index (χ0) is 16.9. The highest BCUT2D eigenvalue weighted by molar-refractivity contribution is 5.74. The largest absolute Gasteiger partial charge is 0.353 e. The summed E-state index contributed by atoms with van der Waals surface area (Å²) in [5.41, 5.74) is 2.18. The van der Waals surface area contributed by atoms with Crippen molar-refractivity contribution in [1.82, 2.24) is 19.8 Å². The second-order valence-corrected chi connectivity index (χ2v) is 6.99. The van der Waals surface area contributed by atoms with Gasteiger partial charge in [0.2, 0.25) is 0 Å². The number of fused-ring (bicyclic) bond motifs is 1. The number of rotatable bonds is 6. The molecular weight excluding hydrogens is 316 g/mol. The Hall–Kier alpha value is -1.47. The van der Waals surface area contributed by atoms with Crippen LogP contribution in [0.3, 0.4) is 0 Å². The van der Waals surface area contributed by atoms with Gasteiger partial charge in [-0.3, -0.25) is 9.80 Å². The van der Waals surface area contributed by atoms with E-state index in [0.29, 0.717) is 0 Å². The molecule has 0 saturated carbocycles. The normalized spacial score (nSPS) is 23.3. The Labute approximate surface area is 149 Å². The fourth-order valence-corrected chi connectivity index (χ4v) is 3.62. The number of hydrogen-bond donors (Lipinski definition) is 1. The van der Waals surface area contributed by atoms with Crippen LogP contribution < -0.4 is 0 Å². The van der Waals surface area contributed by atoms with Gasteiger partial charge in [-0.2, -0.15) is 0 Å². The first-order chi connectivity index (χ1) is 12.4. The van der Waals surface area contributed by atoms with Gasteiger partial charge in [0.25, 0.3) is 0 Å². The molecule has 0 unspecified atom stereocenters. The SMILES string of the molecule is c1ccc2[nH]c(CN3CCN(CCO[C@H]4CCCCO4)CC3)nc2c1. The molecule has 0 spiro atoms. The lowest BCUT2D eigenvalue weighted by Gasteiger charge is -2.34. The van der Waals surface area contributed by atoms with Gasteiger partial charge in [0, 0.05) is 39.3 Å². The van der Waals surface area contributed by atoms with Crippen molar-refractivity contribution in [3.63, 3.8) is 0 Å². The first-order valence-electron chi connectivity index (χ1n) is 9.48. The van der Waals surface area contributed by atoms with Crippen LogP contribution in [-0.2, 0) is 16.0 Å². The van der Waals surface area contributed by atoms with Crippen LogP contribution in [0.25, 0.3) is 11.0 Å². The topological polar surface area (TPSA) is 53.6 Å². The highest BCUT2D eigenvalue weighted by Gasteiger charge is 2.19. The Morgan fingerprint density at radius 3 is 2.76 bits per heavy atom. The molecule has 136 valence electrons. The molecular formula is C19H28N4O2. The van der Waals surface area contributed by atoms with Gasteiger partial charge < -0.3 is 14.5 Å². The summed E-state index contributed by atoms with van der Waals surface area (Å²) >= 11 is 0. The third-order valence-corrected chi connectivity index (χ3v) is 5.13. The van der Waals surface area contributed by atoms with Gasteiger partial charge in [0.15, 0.2) is 6.29 Å². The van der Waals surface area contributed by atoms with E-state index in [0.717, 1.165) is 75.8 Å². The van der Waals surface area contributed by atoms with Crippen LogP contribution in [0.4, 0.5) is 0 Å². The molecule has 1 N–H and O–H groups in total. The number of aromatic nitrogens is 2. The van der Waals surface area contributed by atoms with Crippen LogP contribution >= 0.6 is 0 Å². The first-order valence-corrected chi connectivity index (χ1v) is 9.48. The molecule has 1 atom stereocenters. The molecule has 2 fully saturated rings. The number of benzene rings is 1. The molecule has 1 aromatic carbocycles. The van der Waals surface area contributed by atoms with E-state index in [2.05, 4.69) is 31.9 Å². The van der Waals surface area contributed by atoms with Gasteiger partial charge >= 0.3 is 0 Å². The van der Waals surface area contributed by atoms with Crippen molar-refractivity contribution < 1.29 is 9.47 Å². The van der Waals surface area contributed by atoms with Gasteiger partial charge in [-0.1, -0.05) is 12.1 Å². The van der Waals surface area contributed by atoms with Gasteiger partial charge in [0.1, 0.15) is 5.82 Å². The molecule has 6 nitrogen and oxygen atoms in total. The number of H-pyrrole nitrogens is 1. The van der Waals surface area contributed by atoms with Crippen LogP contribution in [0.1, 0.15) is 25.1 Å². The van der Waals surface area contributed by atoms with Crippen LogP contribution in [0.15, 0.2) is 24.3 Å². The molecule has 4 rings (SSSR count). The van der Waals surface area contributed by atoms with Gasteiger partial charge in [-0.15, -0.1) is 0 Å². The number of imidazole rings is 1. The van der Waals surface area contributed by atoms with Gasteiger partial charge in [-0.25, -0.2) is 4.98 Å². The molecule has 6 heteroatoms. The van der Waals surface area contributed by atoms with E-state index in [4.69, 9.17) is 9.47 Å². The second-order valence-electron chi connectivity index (χ2n) is 6.99. The number of nitrogens with one attached hydrogen (secondary N) is 1. The molecule has 2 aliphatic rings. The molecule has 3 heterocycles. The Balaban J connectivity index is 1.18. The summed E-state index contributed by atoms with van der Waals surface area (Å²) < 4.78 is 11.5. The number of piperazine rings is 1. The fraction of sp³-hybridized carbons (Fsp3) is 0.632. The maximum absolute atomic E-state index is 5.85. The zero-order valence-corrected chi connectivity index (χ0v) is 14.8. The fourth-order valence-electron chi connectivity index (χ4n) is 3.62. The minimum Gasteiger partial charge on any atom is -0.353 e. The monoisotopic (exact) mass is 344 g/mol. The minimum atomic E-state index is 0.0307. The number of para-hydroxylation sites is 2. The number of ether oxygens (including phenoxy) is 2. The van der Waals surface area contributed by atoms with E-state index in [-0.39, 0.29) is 6.29 Å². The zero-order valence-electron chi connectivity index (χ0n) is 14.8. The molecule has 0 bridgehead atoms. The van der Waals surface area contributed by atoms with E-state index in [1.165, 1.54) is 12.8 Å². The summed E-state index contributed by atoms with van der Waals surface area (Å²) in [5, 5.41) is 0. The van der Waals surface area contributed by atoms with Crippen LogP contribution in [0, 0.1) is 0 Å². The van der Waals surface area contributed by atoms with Gasteiger partial charge in [0.05, 0.1) is 24.2 Å². The Bertz CT molecular complexity index is 627. The first kappa shape index (κ1) is 17.0. The Kier molecular flexibility index (Phi) is 5.62. The van der Waals surface area contributed by atoms with Crippen molar-refractivity contribution in [2.45, 2.75) is 32.1 Å². The quantitative estimate of drug-likeness (QED) is 0.871. The highest BCUT2D eigenvalue weighted by Crippen LogP contribution is 2.15. The predicted molar refractivity (Wildman–Crippen MR) is 97.4 cm³/mol. The maximum atomic E-state index is 5.85. The smallest absolute Gasteiger partial charge is 0.157 e. The number of nitrogens with zero attached hydrogens (tertiary/aromatic N) is 3. The van der Waals surface area contributed by atoms with Crippen molar-refractivity contribution in [3.05, 3.63) is 30.1 Å². The molecule has 2 saturated heterocycles. The molecule has 1 aromatic heterocycles. The lowest BCUT2D eigenvalue weighted by Crippen LogP contribution is -2.47. The molecule has 0 aliphatic carbocycles. The standard InChI is InChI=1S/C19H28N4O2/c1-2-6-17-16(5-1)20-18(21-17)15-23-10-8-22(9-11-23)12-14-25-19-7-3-4-13-24-19/h1-2,5-6,19H,3-4,7-15H2,(H,20,21)/t19-/m0/s1. The summed E-state index contributed by atoms with van der Waals surface area (Å²) in [6.07, 6.45) is 3.48. The van der Waals surface area contributed by atoms with Crippen molar-refractivity contribution in [3.8, 4) is 0 Å². The number of hydrogen-bond acceptors (Lipinski definition) is 5. The van der Waals surface area contributed by atoms with Crippen molar-refractivity contribution in [1.29, 1.82) is 0 Å². The predicted octanol–water partition coefficient (Wildman–Crippen LogP) is 2.22. The summed E-state index contributed by atoms with van der Waals surface area (Å²) in [5.74, 6) is 1.06. The second kappa shape index (κ2) is 8.27. The van der Waals surface area contributed by atoms with Crippen molar-refractivity contribution >= 4 is 11.0 Å². The summed E-state index contributed by atoms with van der Waals surface area (Å²) in [6.45, 7) is 7.87. The average molecular weight is 344 g/mol. The minimum absolute atomic E-state index is 0.0307. The molecule has 2 aromatic rings. The van der Waals surface area contributed by atoms with Crippen molar-refractivity contribution in [2.24, 2.45) is 0 Å². The summed E-state index contributed by atoms with van der Waals surface area (Å²) in [4.78, 5) is 13.1. The van der Waals surface area contributed by atoms with Crippen LogP contribution in [0.5, 0.6) is 0 Å². The molecule has 0 amide bonds. The lowest BCUT2D eigenvalue weighted by molar-refractivity contribution is -0.164. The van der Waals surface area contributed by atoms with E-state index in [9.17, 15) is 0 Å². The van der Waals surface area contributed by atoms with Crippen LogP contribution in [0.2, 0.25) is 0 Å². The van der Waals surface area contributed by atoms with E-state index in [1.54, 1.807) is 0 Å². The maximum Gasteiger partial charge on any atom is 0.157 e. The van der Waals surface area contributed by atoms with Crippen LogP contribution in [-0.4, -0.2) is 72.0 Å². The Morgan fingerprint density at radius 2 is 1.96 bits per heavy atom.